The Morgan fingerprint density at radius 1 is 0.906 bits per heavy atom. The first-order valence-corrected chi connectivity index (χ1v) is 18.3. The number of ether oxygens (including phenoxy) is 5. The second-order valence-electron chi connectivity index (χ2n) is 16.3. The molecule has 3 atom stereocenters. The average Bonchev–Trinajstić information content (AvgIpc) is 3.08. The summed E-state index contributed by atoms with van der Waals surface area (Å²) in [5.74, 6) is 0.535. The van der Waals surface area contributed by atoms with Crippen LogP contribution in [0.2, 0.25) is 0 Å². The van der Waals surface area contributed by atoms with Crippen molar-refractivity contribution in [3.8, 4) is 11.5 Å². The van der Waals surface area contributed by atoms with Crippen molar-refractivity contribution in [3.63, 3.8) is 0 Å². The maximum Gasteiger partial charge on any atom is 0.408 e. The molecule has 53 heavy (non-hydrogen) atoms. The highest BCUT2D eigenvalue weighted by atomic mass is 16.6. The number of hydrogen-bond acceptors (Lipinski definition) is 9. The third-order valence-electron chi connectivity index (χ3n) is 9.03. The van der Waals surface area contributed by atoms with Crippen LogP contribution in [0.15, 0.2) is 66.5 Å². The number of rotatable bonds is 12. The SMILES string of the molecule is CCOC(=O)CN(C(=O)c1ccc(OCC(C)(C)NC(=O)OC(C)(C)C)cc1)C1C=C(OC)C=CC1[C@@H]1CCc2cc(OC(=O)C(C)(C)C)ccc2C1. The second-order valence-corrected chi connectivity index (χ2v) is 16.3. The van der Waals surface area contributed by atoms with E-state index >= 15 is 0 Å². The minimum absolute atomic E-state index is 0.124. The molecule has 2 aliphatic carbocycles. The van der Waals surface area contributed by atoms with E-state index in [2.05, 4.69) is 11.4 Å². The van der Waals surface area contributed by atoms with Gasteiger partial charge < -0.3 is 33.9 Å². The molecule has 0 saturated carbocycles. The molecule has 2 aromatic rings. The van der Waals surface area contributed by atoms with Crippen molar-refractivity contribution >= 4 is 23.9 Å². The molecule has 1 N–H and O–H groups in total. The van der Waals surface area contributed by atoms with E-state index in [1.807, 2.05) is 65.0 Å². The molecule has 0 aliphatic heterocycles. The van der Waals surface area contributed by atoms with Gasteiger partial charge in [-0.05, 0) is 147 Å². The number of esters is 2. The van der Waals surface area contributed by atoms with Gasteiger partial charge in [0.2, 0.25) is 0 Å². The number of carbonyl (C=O) groups is 4. The molecule has 2 unspecified atom stereocenters. The summed E-state index contributed by atoms with van der Waals surface area (Å²) in [4.78, 5) is 53.7. The molecule has 0 spiro atoms. The van der Waals surface area contributed by atoms with Crippen LogP contribution in [0.1, 0.15) is 90.2 Å². The van der Waals surface area contributed by atoms with Gasteiger partial charge in [-0.3, -0.25) is 14.4 Å². The van der Waals surface area contributed by atoms with Crippen molar-refractivity contribution in [2.24, 2.45) is 17.3 Å². The predicted molar refractivity (Wildman–Crippen MR) is 202 cm³/mol. The quantitative estimate of drug-likeness (QED) is 0.178. The Labute approximate surface area is 314 Å². The van der Waals surface area contributed by atoms with Gasteiger partial charge in [0.1, 0.15) is 36.0 Å². The van der Waals surface area contributed by atoms with Gasteiger partial charge in [0.05, 0.1) is 30.7 Å². The topological polar surface area (TPSA) is 130 Å². The molecule has 0 radical (unpaired) electrons. The molecule has 288 valence electrons. The largest absolute Gasteiger partial charge is 0.497 e. The van der Waals surface area contributed by atoms with Crippen molar-refractivity contribution in [3.05, 3.63) is 83.1 Å². The lowest BCUT2D eigenvalue weighted by atomic mass is 9.72. The lowest BCUT2D eigenvalue weighted by Gasteiger charge is -2.40. The van der Waals surface area contributed by atoms with E-state index in [0.717, 1.165) is 30.4 Å². The summed E-state index contributed by atoms with van der Waals surface area (Å²) in [6.45, 7) is 16.3. The van der Waals surface area contributed by atoms with Crippen LogP contribution in [0.25, 0.3) is 0 Å². The number of hydrogen-bond donors (Lipinski definition) is 1. The number of benzene rings is 2. The van der Waals surface area contributed by atoms with Crippen molar-refractivity contribution in [1.82, 2.24) is 10.2 Å². The van der Waals surface area contributed by atoms with E-state index in [-0.39, 0.29) is 43.5 Å². The van der Waals surface area contributed by atoms with Gasteiger partial charge in [0.25, 0.3) is 5.91 Å². The molecule has 0 bridgehead atoms. The number of carbonyl (C=O) groups excluding carboxylic acids is 4. The minimum Gasteiger partial charge on any atom is -0.497 e. The normalized spacial score (nSPS) is 18.5. The first-order chi connectivity index (χ1) is 24.8. The van der Waals surface area contributed by atoms with Crippen molar-refractivity contribution in [2.45, 2.75) is 98.8 Å². The fraction of sp³-hybridized carbons (Fsp3) is 0.524. The van der Waals surface area contributed by atoms with Gasteiger partial charge in [-0.25, -0.2) is 4.79 Å². The summed E-state index contributed by atoms with van der Waals surface area (Å²) in [6.07, 6.45) is 7.72. The molecule has 0 aromatic heterocycles. The summed E-state index contributed by atoms with van der Waals surface area (Å²) in [6, 6.07) is 12.0. The Kier molecular flexibility index (Phi) is 13.1. The predicted octanol–water partition coefficient (Wildman–Crippen LogP) is 7.22. The number of allylic oxidation sites excluding steroid dienone is 1. The summed E-state index contributed by atoms with van der Waals surface area (Å²) >= 11 is 0. The summed E-state index contributed by atoms with van der Waals surface area (Å²) in [7, 11) is 1.58. The lowest BCUT2D eigenvalue weighted by Crippen LogP contribution is -2.49. The molecule has 0 heterocycles. The van der Waals surface area contributed by atoms with E-state index < -0.39 is 34.7 Å². The highest BCUT2D eigenvalue weighted by Crippen LogP contribution is 2.38. The molecule has 11 nitrogen and oxygen atoms in total. The first kappa shape index (κ1) is 41.0. The number of nitrogens with one attached hydrogen (secondary N) is 1. The number of alkyl carbamates (subject to hydrolysis) is 1. The Bertz CT molecular complexity index is 1700. The summed E-state index contributed by atoms with van der Waals surface area (Å²) in [5.41, 5.74) is 0.698. The van der Waals surface area contributed by atoms with Crippen LogP contribution in [-0.4, -0.2) is 72.9 Å². The fourth-order valence-electron chi connectivity index (χ4n) is 6.33. The van der Waals surface area contributed by atoms with Gasteiger partial charge in [0, 0.05) is 11.5 Å². The number of fused-ring (bicyclic) bond motifs is 1. The molecule has 2 amide bonds. The molecule has 4 rings (SSSR count). The zero-order chi connectivity index (χ0) is 39.1. The van der Waals surface area contributed by atoms with E-state index in [1.54, 1.807) is 64.0 Å². The van der Waals surface area contributed by atoms with Crippen LogP contribution in [0.4, 0.5) is 4.79 Å². The van der Waals surface area contributed by atoms with Crippen LogP contribution < -0.4 is 14.8 Å². The number of aryl methyl sites for hydroxylation is 1. The van der Waals surface area contributed by atoms with Crippen LogP contribution in [0, 0.1) is 17.3 Å². The molecule has 11 heteroatoms. The first-order valence-electron chi connectivity index (χ1n) is 18.3. The fourth-order valence-corrected chi connectivity index (χ4v) is 6.33. The minimum atomic E-state index is -0.733. The molecular formula is C42H56N2O9. The third kappa shape index (κ3) is 11.6. The van der Waals surface area contributed by atoms with Crippen LogP contribution in [0.5, 0.6) is 11.5 Å². The number of amides is 2. The van der Waals surface area contributed by atoms with E-state index in [0.29, 0.717) is 22.8 Å². The lowest BCUT2D eigenvalue weighted by molar-refractivity contribution is -0.144. The zero-order valence-electron chi connectivity index (χ0n) is 32.9. The number of methoxy groups -OCH3 is 1. The maximum absolute atomic E-state index is 14.3. The van der Waals surface area contributed by atoms with Crippen LogP contribution >= 0.6 is 0 Å². The Balaban J connectivity index is 1.54. The van der Waals surface area contributed by atoms with Gasteiger partial charge in [-0.15, -0.1) is 0 Å². The summed E-state index contributed by atoms with van der Waals surface area (Å²) in [5, 5.41) is 2.82. The molecule has 0 fully saturated rings. The van der Waals surface area contributed by atoms with Gasteiger partial charge >= 0.3 is 18.0 Å². The molecule has 2 aromatic carbocycles. The maximum atomic E-state index is 14.3. The third-order valence-corrected chi connectivity index (χ3v) is 9.03. The van der Waals surface area contributed by atoms with Crippen molar-refractivity contribution in [2.75, 3.05) is 26.9 Å². The van der Waals surface area contributed by atoms with Crippen molar-refractivity contribution < 1.29 is 42.9 Å². The average molecular weight is 733 g/mol. The molecule has 0 saturated heterocycles. The zero-order valence-corrected chi connectivity index (χ0v) is 32.9. The smallest absolute Gasteiger partial charge is 0.408 e. The highest BCUT2D eigenvalue weighted by molar-refractivity contribution is 5.96. The van der Waals surface area contributed by atoms with Gasteiger partial charge in [0.15, 0.2) is 0 Å². The van der Waals surface area contributed by atoms with Crippen molar-refractivity contribution in [1.29, 1.82) is 0 Å². The molecule has 2 aliphatic rings. The monoisotopic (exact) mass is 732 g/mol. The van der Waals surface area contributed by atoms with E-state index in [1.165, 1.54) is 0 Å². The number of nitrogens with zero attached hydrogens (tertiary/aromatic N) is 1. The highest BCUT2D eigenvalue weighted by Gasteiger charge is 2.38. The van der Waals surface area contributed by atoms with Crippen LogP contribution in [0.3, 0.4) is 0 Å². The Morgan fingerprint density at radius 3 is 2.21 bits per heavy atom. The van der Waals surface area contributed by atoms with E-state index in [9.17, 15) is 19.2 Å². The van der Waals surface area contributed by atoms with Crippen LogP contribution in [-0.2, 0) is 36.6 Å². The molecular weight excluding hydrogens is 676 g/mol. The Morgan fingerprint density at radius 2 is 1.58 bits per heavy atom. The van der Waals surface area contributed by atoms with Gasteiger partial charge in [-0.1, -0.05) is 12.1 Å². The Hall–Kier alpha value is -4.80. The van der Waals surface area contributed by atoms with Gasteiger partial charge in [-0.2, -0.15) is 0 Å². The second kappa shape index (κ2) is 16.9. The van der Waals surface area contributed by atoms with E-state index in [4.69, 9.17) is 23.7 Å². The standard InChI is InChI=1S/C42H56N2O9/c1-11-50-36(45)25-44(37(46)27-14-17-31(18-15-27)51-26-42(8,9)43-39(48)53-41(5,6)7)35-24-32(49-10)20-21-34(35)30-13-12-29-23-33(19-16-28(29)22-30)52-38(47)40(2,3)4/h14-21,23-24,30,34-35H,11-13,22,25-26H2,1-10H3,(H,43,48)/t30-,34?,35?/m1/s1. The summed E-state index contributed by atoms with van der Waals surface area (Å²) < 4.78 is 28.0.